The van der Waals surface area contributed by atoms with Crippen molar-refractivity contribution in [2.24, 2.45) is 0 Å². The van der Waals surface area contributed by atoms with E-state index in [0.29, 0.717) is 6.01 Å². The first-order chi connectivity index (χ1) is 9.33. The van der Waals surface area contributed by atoms with Crippen LogP contribution in [0.3, 0.4) is 0 Å². The normalized spacial score (nSPS) is 10.8. The van der Waals surface area contributed by atoms with Crippen molar-refractivity contribution in [3.8, 4) is 17.4 Å². The van der Waals surface area contributed by atoms with Crippen molar-refractivity contribution in [2.75, 3.05) is 13.4 Å². The monoisotopic (exact) mass is 271 g/mol. The van der Waals surface area contributed by atoms with Gasteiger partial charge in [-0.1, -0.05) is 30.3 Å². The molecule has 0 amide bonds. The number of hydrogen-bond donors (Lipinski definition) is 0. The highest BCUT2D eigenvalue weighted by atomic mass is 32.2. The molecular weight excluding hydrogens is 258 g/mol. The molecule has 0 atom stereocenters. The van der Waals surface area contributed by atoms with Crippen molar-refractivity contribution in [3.05, 3.63) is 42.6 Å². The average Bonchev–Trinajstić information content (AvgIpc) is 2.91. The van der Waals surface area contributed by atoms with Gasteiger partial charge >= 0.3 is 6.01 Å². The molecule has 0 aliphatic carbocycles. The SMILES string of the molecule is COc1nc(SC)cc2cnc(-c3ccccc3)n12. The Morgan fingerprint density at radius 1 is 1.21 bits per heavy atom. The van der Waals surface area contributed by atoms with Gasteiger partial charge in [-0.05, 0) is 12.3 Å². The molecule has 96 valence electrons. The Morgan fingerprint density at radius 2 is 2.00 bits per heavy atom. The van der Waals surface area contributed by atoms with Gasteiger partial charge in [0.1, 0.15) is 10.9 Å². The maximum absolute atomic E-state index is 5.39. The minimum Gasteiger partial charge on any atom is -0.468 e. The van der Waals surface area contributed by atoms with E-state index < -0.39 is 0 Å². The van der Waals surface area contributed by atoms with Crippen LogP contribution in [-0.2, 0) is 0 Å². The Kier molecular flexibility index (Phi) is 3.13. The van der Waals surface area contributed by atoms with E-state index in [1.165, 1.54) is 0 Å². The summed E-state index contributed by atoms with van der Waals surface area (Å²) in [6.45, 7) is 0. The first-order valence-electron chi connectivity index (χ1n) is 5.85. The molecule has 0 aliphatic rings. The highest BCUT2D eigenvalue weighted by Crippen LogP contribution is 2.26. The summed E-state index contributed by atoms with van der Waals surface area (Å²) >= 11 is 1.59. The molecule has 0 bridgehead atoms. The molecule has 0 saturated heterocycles. The summed E-state index contributed by atoms with van der Waals surface area (Å²) < 4.78 is 7.31. The zero-order valence-electron chi connectivity index (χ0n) is 10.7. The molecule has 3 rings (SSSR count). The van der Waals surface area contributed by atoms with Crippen molar-refractivity contribution < 1.29 is 4.74 Å². The molecule has 1 aromatic carbocycles. The second-order valence-electron chi connectivity index (χ2n) is 3.99. The van der Waals surface area contributed by atoms with E-state index in [9.17, 15) is 0 Å². The summed E-state index contributed by atoms with van der Waals surface area (Å²) in [5, 5.41) is 0.920. The Bertz CT molecular complexity index is 709. The van der Waals surface area contributed by atoms with Gasteiger partial charge in [-0.15, -0.1) is 11.8 Å². The number of fused-ring (bicyclic) bond motifs is 1. The largest absolute Gasteiger partial charge is 0.468 e. The molecule has 2 aromatic heterocycles. The molecule has 0 radical (unpaired) electrons. The maximum atomic E-state index is 5.39. The van der Waals surface area contributed by atoms with Gasteiger partial charge in [-0.2, -0.15) is 4.98 Å². The van der Waals surface area contributed by atoms with Crippen molar-refractivity contribution in [3.63, 3.8) is 0 Å². The van der Waals surface area contributed by atoms with Crippen LogP contribution in [0.2, 0.25) is 0 Å². The number of benzene rings is 1. The van der Waals surface area contributed by atoms with Gasteiger partial charge in [0.15, 0.2) is 0 Å². The second-order valence-corrected chi connectivity index (χ2v) is 4.82. The lowest BCUT2D eigenvalue weighted by Crippen LogP contribution is -2.00. The third-order valence-corrected chi connectivity index (χ3v) is 3.51. The number of hydrogen-bond acceptors (Lipinski definition) is 4. The highest BCUT2D eigenvalue weighted by molar-refractivity contribution is 7.98. The minimum absolute atomic E-state index is 0.554. The van der Waals surface area contributed by atoms with E-state index in [-0.39, 0.29) is 0 Å². The van der Waals surface area contributed by atoms with Crippen molar-refractivity contribution in [1.29, 1.82) is 0 Å². The zero-order chi connectivity index (χ0) is 13.2. The van der Waals surface area contributed by atoms with Gasteiger partial charge < -0.3 is 4.74 Å². The van der Waals surface area contributed by atoms with E-state index in [1.807, 2.05) is 53.3 Å². The minimum atomic E-state index is 0.554. The molecular formula is C14H13N3OS. The van der Waals surface area contributed by atoms with Crippen molar-refractivity contribution in [1.82, 2.24) is 14.4 Å². The number of imidazole rings is 1. The van der Waals surface area contributed by atoms with E-state index in [1.54, 1.807) is 18.9 Å². The van der Waals surface area contributed by atoms with Crippen LogP contribution >= 0.6 is 11.8 Å². The molecule has 0 N–H and O–H groups in total. The van der Waals surface area contributed by atoms with Crippen LogP contribution in [0.1, 0.15) is 0 Å². The number of rotatable bonds is 3. The summed E-state index contributed by atoms with van der Waals surface area (Å²) in [5.74, 6) is 0.840. The van der Waals surface area contributed by atoms with Crippen LogP contribution in [0.15, 0.2) is 47.6 Å². The Hall–Kier alpha value is -2.01. The van der Waals surface area contributed by atoms with Crippen molar-refractivity contribution >= 4 is 17.3 Å². The fourth-order valence-electron chi connectivity index (χ4n) is 2.00. The molecule has 0 unspecified atom stereocenters. The summed E-state index contributed by atoms with van der Waals surface area (Å²) in [4.78, 5) is 8.94. The molecule has 5 heteroatoms. The fourth-order valence-corrected chi connectivity index (χ4v) is 2.41. The van der Waals surface area contributed by atoms with Crippen LogP contribution in [0.5, 0.6) is 6.01 Å². The second kappa shape index (κ2) is 4.93. The molecule has 0 saturated carbocycles. The number of methoxy groups -OCH3 is 1. The van der Waals surface area contributed by atoms with Crippen molar-refractivity contribution in [2.45, 2.75) is 5.03 Å². The van der Waals surface area contributed by atoms with E-state index in [0.717, 1.165) is 21.9 Å². The molecule has 2 heterocycles. The Morgan fingerprint density at radius 3 is 2.68 bits per heavy atom. The number of nitrogens with zero attached hydrogens (tertiary/aromatic N) is 3. The Balaban J connectivity index is 2.28. The van der Waals surface area contributed by atoms with Crippen LogP contribution < -0.4 is 4.74 Å². The summed E-state index contributed by atoms with van der Waals surface area (Å²) in [7, 11) is 1.63. The predicted octanol–water partition coefficient (Wildman–Crippen LogP) is 3.13. The Labute approximate surface area is 115 Å². The quantitative estimate of drug-likeness (QED) is 0.542. The van der Waals surface area contributed by atoms with Gasteiger partial charge in [-0.3, -0.25) is 0 Å². The lowest BCUT2D eigenvalue weighted by molar-refractivity contribution is 0.371. The van der Waals surface area contributed by atoms with E-state index in [4.69, 9.17) is 4.74 Å². The highest BCUT2D eigenvalue weighted by Gasteiger charge is 2.12. The topological polar surface area (TPSA) is 39.4 Å². The zero-order valence-corrected chi connectivity index (χ0v) is 11.5. The molecule has 0 spiro atoms. The molecule has 0 aliphatic heterocycles. The van der Waals surface area contributed by atoms with Gasteiger partial charge in [-0.25, -0.2) is 9.38 Å². The maximum Gasteiger partial charge on any atom is 0.303 e. The third kappa shape index (κ3) is 2.06. The lowest BCUT2D eigenvalue weighted by atomic mass is 10.2. The molecule has 0 fully saturated rings. The summed E-state index contributed by atoms with van der Waals surface area (Å²) in [6, 6.07) is 12.6. The van der Waals surface area contributed by atoms with Gasteiger partial charge in [0.05, 0.1) is 18.8 Å². The summed E-state index contributed by atoms with van der Waals surface area (Å²) in [6.07, 6.45) is 3.83. The predicted molar refractivity (Wildman–Crippen MR) is 76.8 cm³/mol. The fraction of sp³-hybridized carbons (Fsp3) is 0.143. The van der Waals surface area contributed by atoms with Crippen LogP contribution in [-0.4, -0.2) is 27.7 Å². The standard InChI is InChI=1S/C14H13N3OS/c1-18-14-16-12(19-2)8-11-9-15-13(17(11)14)10-6-4-3-5-7-10/h3-9H,1-2H3. The first kappa shape index (κ1) is 12.0. The third-order valence-electron chi connectivity index (χ3n) is 2.88. The van der Waals surface area contributed by atoms with Gasteiger partial charge in [0.2, 0.25) is 0 Å². The molecule has 19 heavy (non-hydrogen) atoms. The van der Waals surface area contributed by atoms with Gasteiger partial charge in [0.25, 0.3) is 0 Å². The summed E-state index contributed by atoms with van der Waals surface area (Å²) in [5.41, 5.74) is 2.02. The number of thioether (sulfide) groups is 1. The van der Waals surface area contributed by atoms with Crippen LogP contribution in [0.25, 0.3) is 16.9 Å². The average molecular weight is 271 g/mol. The smallest absolute Gasteiger partial charge is 0.303 e. The van der Waals surface area contributed by atoms with E-state index >= 15 is 0 Å². The number of aromatic nitrogens is 3. The molecule has 3 aromatic rings. The number of ether oxygens (including phenoxy) is 1. The van der Waals surface area contributed by atoms with Gasteiger partial charge in [0, 0.05) is 5.56 Å². The first-order valence-corrected chi connectivity index (χ1v) is 7.08. The lowest BCUT2D eigenvalue weighted by Gasteiger charge is -2.08. The van der Waals surface area contributed by atoms with E-state index in [2.05, 4.69) is 9.97 Å². The molecule has 4 nitrogen and oxygen atoms in total. The van der Waals surface area contributed by atoms with Crippen LogP contribution in [0, 0.1) is 0 Å². The van der Waals surface area contributed by atoms with Crippen LogP contribution in [0.4, 0.5) is 0 Å².